The fourth-order valence-corrected chi connectivity index (χ4v) is 13.3. The van der Waals surface area contributed by atoms with E-state index in [2.05, 4.69) is 75.7 Å². The van der Waals surface area contributed by atoms with E-state index in [1.807, 2.05) is 164 Å². The first kappa shape index (κ1) is 68.5. The van der Waals surface area contributed by atoms with Crippen LogP contribution >= 0.6 is 15.9 Å². The van der Waals surface area contributed by atoms with Crippen LogP contribution in [0.4, 0.5) is 0 Å². The van der Waals surface area contributed by atoms with Crippen LogP contribution in [0.25, 0.3) is 53.9 Å². The third-order valence-corrected chi connectivity index (χ3v) is 19.3. The van der Waals surface area contributed by atoms with Crippen molar-refractivity contribution < 1.29 is 54.3 Å². The van der Waals surface area contributed by atoms with Gasteiger partial charge in [-0.2, -0.15) is 5.26 Å². The molecule has 0 heterocycles. The van der Waals surface area contributed by atoms with Gasteiger partial charge in [-0.05, 0) is 178 Å². The highest BCUT2D eigenvalue weighted by Gasteiger charge is 2.49. The SMILES string of the molecule is Brc1ccc2ccccc2c1.CCOC(=O)C1CC(=O)C1.CCOC(=O)C1CC(O)(c2ccc3ccccc3c2)C1.N#CC1CC(O)(c2ccc3ccccc3c2)C1.N/C(=N/O)C1CC(O)(c2ccc3ccccc3c2)C1.NC(=O)C1CC(O)(c2ccc3ccccc3c2)C1. The number of carbonyl (C=O) groups is 4. The van der Waals surface area contributed by atoms with E-state index in [9.17, 15) is 39.6 Å². The predicted molar refractivity (Wildman–Crippen MR) is 373 cm³/mol. The molecule has 5 aliphatic rings. The number of benzene rings is 10. The highest BCUT2D eigenvalue weighted by molar-refractivity contribution is 9.10. The summed E-state index contributed by atoms with van der Waals surface area (Å²) < 4.78 is 10.8. The number of nitrogens with zero attached hydrogens (tertiary/aromatic N) is 2. The summed E-state index contributed by atoms with van der Waals surface area (Å²) in [5, 5.41) is 74.1. The minimum absolute atomic E-state index is 0.00599. The van der Waals surface area contributed by atoms with E-state index < -0.39 is 22.4 Å². The molecule has 95 heavy (non-hydrogen) atoms. The molecule has 488 valence electrons. The van der Waals surface area contributed by atoms with Crippen LogP contribution in [-0.4, -0.2) is 68.3 Å². The van der Waals surface area contributed by atoms with Crippen molar-refractivity contribution in [2.45, 2.75) is 100 Å². The van der Waals surface area contributed by atoms with E-state index in [1.54, 1.807) is 13.8 Å². The molecule has 1 amide bonds. The van der Waals surface area contributed by atoms with E-state index in [4.69, 9.17) is 31.4 Å². The average molecular weight is 1340 g/mol. The number of oxime groups is 1. The lowest BCUT2D eigenvalue weighted by Gasteiger charge is -2.43. The minimum Gasteiger partial charge on any atom is -0.466 e. The highest BCUT2D eigenvalue weighted by atomic mass is 79.9. The van der Waals surface area contributed by atoms with Crippen LogP contribution in [-0.2, 0) is 51.1 Å². The molecule has 0 radical (unpaired) electrons. The summed E-state index contributed by atoms with van der Waals surface area (Å²) in [6.07, 6.45) is 4.65. The Kier molecular flexibility index (Phi) is 21.6. The molecule has 0 bridgehead atoms. The van der Waals surface area contributed by atoms with E-state index in [1.165, 1.54) is 16.2 Å². The normalized spacial score (nSPS) is 23.9. The van der Waals surface area contributed by atoms with Gasteiger partial charge in [-0.3, -0.25) is 19.2 Å². The Hall–Kier alpha value is -9.34. The number of aliphatic hydroxyl groups is 4. The monoisotopic (exact) mass is 1340 g/mol. The van der Waals surface area contributed by atoms with Crippen molar-refractivity contribution in [3.8, 4) is 6.07 Å². The lowest BCUT2D eigenvalue weighted by Crippen LogP contribution is -2.46. The van der Waals surface area contributed by atoms with E-state index in [0.717, 1.165) is 64.4 Å². The van der Waals surface area contributed by atoms with E-state index in [-0.39, 0.29) is 59.1 Å². The maximum atomic E-state index is 11.6. The number of primary amides is 1. The van der Waals surface area contributed by atoms with Crippen molar-refractivity contribution in [3.63, 3.8) is 0 Å². The third kappa shape index (κ3) is 16.3. The topological polar surface area (TPSA) is 276 Å². The highest BCUT2D eigenvalue weighted by Crippen LogP contribution is 2.49. The largest absolute Gasteiger partial charge is 0.466 e. The van der Waals surface area contributed by atoms with Gasteiger partial charge < -0.3 is 46.6 Å². The summed E-state index contributed by atoms with van der Waals surface area (Å²) in [6.45, 7) is 4.36. The second kappa shape index (κ2) is 29.9. The summed E-state index contributed by atoms with van der Waals surface area (Å²) in [5.74, 6) is -0.905. The lowest BCUT2D eigenvalue weighted by molar-refractivity contribution is -0.165. The molecule has 0 unspecified atom stereocenters. The van der Waals surface area contributed by atoms with Gasteiger partial charge in [0.15, 0.2) is 0 Å². The number of fused-ring (bicyclic) bond motifs is 5. The van der Waals surface area contributed by atoms with Gasteiger partial charge in [0.05, 0.1) is 59.4 Å². The van der Waals surface area contributed by atoms with Crippen molar-refractivity contribution in [2.75, 3.05) is 13.2 Å². The standard InChI is InChI=1S/C17H18O3.C15H16N2O2.C15H15NO2.C15H13NO.C10H7Br.C7H10O3/c1-2-20-16(18)14-10-17(19,11-14)15-8-7-12-5-3-4-6-13(12)9-15;16-14(17-19)12-8-15(18,9-12)13-6-5-10-3-1-2-4-11(10)7-13;16-14(17)12-8-15(18,9-12)13-6-5-10-3-1-2-4-11(10)7-13;16-10-11-8-15(17,9-11)14-6-5-12-3-1-2-4-13(12)7-14;11-10-6-5-8-3-1-2-4-9(8)7-10;1-2-10-7(9)5-3-6(8)4-5/h3-9,14,19H,2,10-11H2,1H3;1-7,12,18-19H,8-9H2,(H2,16,17);1-7,12,18H,8-9H2,(H2,16,17);1-7,11,17H,8-9H2;1-7H;5H,2-4H2,1H3. The van der Waals surface area contributed by atoms with Gasteiger partial charge in [-0.1, -0.05) is 197 Å². The Morgan fingerprint density at radius 1 is 0.453 bits per heavy atom. The molecule has 5 saturated carbocycles. The van der Waals surface area contributed by atoms with E-state index in [0.29, 0.717) is 77.4 Å². The molecular formula is C79H79BrN4O11. The fraction of sp³-hybridized carbons (Fsp3) is 0.291. The average Bonchev–Trinajstić information content (AvgIpc) is 0.780. The maximum absolute atomic E-state index is 11.6. The second-order valence-electron chi connectivity index (χ2n) is 25.5. The maximum Gasteiger partial charge on any atom is 0.309 e. The quantitative estimate of drug-likeness (QED) is 0.0221. The van der Waals surface area contributed by atoms with Gasteiger partial charge in [0, 0.05) is 29.2 Å². The Bertz CT molecular complexity index is 4480. The number of hydrogen-bond donors (Lipinski definition) is 7. The van der Waals surface area contributed by atoms with Crippen LogP contribution in [0.2, 0.25) is 0 Å². The zero-order valence-corrected chi connectivity index (χ0v) is 54.8. The van der Waals surface area contributed by atoms with Crippen LogP contribution in [0.3, 0.4) is 0 Å². The van der Waals surface area contributed by atoms with Crippen LogP contribution < -0.4 is 11.5 Å². The molecular weight excluding hydrogens is 1260 g/mol. The molecule has 10 aromatic rings. The molecule has 16 heteroatoms. The van der Waals surface area contributed by atoms with Crippen LogP contribution in [0.15, 0.2) is 222 Å². The summed E-state index contributed by atoms with van der Waals surface area (Å²) in [4.78, 5) is 43.9. The van der Waals surface area contributed by atoms with Gasteiger partial charge in [-0.25, -0.2) is 0 Å². The summed E-state index contributed by atoms with van der Waals surface area (Å²) in [5.41, 5.74) is 11.0. The number of carbonyl (C=O) groups excluding carboxylic acids is 4. The number of nitriles is 1. The van der Waals surface area contributed by atoms with Crippen molar-refractivity contribution in [3.05, 3.63) is 239 Å². The number of halogens is 1. The predicted octanol–water partition coefficient (Wildman–Crippen LogP) is 14.2. The number of hydrogen-bond acceptors (Lipinski definition) is 13. The first-order chi connectivity index (χ1) is 45.6. The number of Topliss-reactive ketones (excluding diaryl/α,β-unsaturated/α-hetero) is 1. The van der Waals surface area contributed by atoms with Gasteiger partial charge >= 0.3 is 11.9 Å². The van der Waals surface area contributed by atoms with Crippen LogP contribution in [0.1, 0.15) is 100 Å². The van der Waals surface area contributed by atoms with Gasteiger partial charge in [-0.15, -0.1) is 0 Å². The Balaban J connectivity index is 0.000000126. The Morgan fingerprint density at radius 3 is 1.06 bits per heavy atom. The van der Waals surface area contributed by atoms with Crippen molar-refractivity contribution in [2.24, 2.45) is 46.2 Å². The van der Waals surface area contributed by atoms with Crippen molar-refractivity contribution in [1.29, 1.82) is 5.26 Å². The smallest absolute Gasteiger partial charge is 0.309 e. The lowest BCUT2D eigenvalue weighted by atomic mass is 9.67. The minimum atomic E-state index is -0.887. The molecule has 15 nitrogen and oxygen atoms in total. The first-order valence-corrected chi connectivity index (χ1v) is 33.0. The molecule has 9 N–H and O–H groups in total. The second-order valence-corrected chi connectivity index (χ2v) is 26.4. The number of ether oxygens (including phenoxy) is 2. The Labute approximate surface area is 560 Å². The number of rotatable bonds is 10. The molecule has 0 atom stereocenters. The summed E-state index contributed by atoms with van der Waals surface area (Å²) >= 11 is 3.43. The number of nitrogens with two attached hydrogens (primary N) is 2. The van der Waals surface area contributed by atoms with Gasteiger partial charge in [0.1, 0.15) is 11.6 Å². The number of amidine groups is 1. The van der Waals surface area contributed by atoms with Crippen LogP contribution in [0.5, 0.6) is 0 Å². The van der Waals surface area contributed by atoms with Gasteiger partial charge in [0.25, 0.3) is 0 Å². The number of ketones is 1. The van der Waals surface area contributed by atoms with Gasteiger partial charge in [0.2, 0.25) is 5.91 Å². The Morgan fingerprint density at radius 2 is 0.747 bits per heavy atom. The molecule has 15 rings (SSSR count). The molecule has 0 aliphatic heterocycles. The summed E-state index contributed by atoms with van der Waals surface area (Å²) in [6, 6.07) is 73.0. The summed E-state index contributed by atoms with van der Waals surface area (Å²) in [7, 11) is 0. The zero-order valence-electron chi connectivity index (χ0n) is 53.2. The van der Waals surface area contributed by atoms with Crippen molar-refractivity contribution in [1.82, 2.24) is 0 Å². The first-order valence-electron chi connectivity index (χ1n) is 32.2. The molecule has 0 aromatic heterocycles. The molecule has 5 aliphatic carbocycles. The van der Waals surface area contributed by atoms with E-state index >= 15 is 0 Å². The van der Waals surface area contributed by atoms with Crippen molar-refractivity contribution >= 4 is 99.3 Å². The molecule has 5 fully saturated rings. The molecule has 0 saturated heterocycles. The number of esters is 2. The molecule has 0 spiro atoms. The number of amides is 1. The fourth-order valence-electron chi connectivity index (χ4n) is 13.0. The molecule has 10 aromatic carbocycles. The zero-order chi connectivity index (χ0) is 67.5. The van der Waals surface area contributed by atoms with Crippen LogP contribution in [0, 0.1) is 40.9 Å². The third-order valence-electron chi connectivity index (χ3n) is 18.8.